The van der Waals surface area contributed by atoms with E-state index >= 15 is 0 Å². The maximum absolute atomic E-state index is 6.14. The predicted molar refractivity (Wildman–Crippen MR) is 67.8 cm³/mol. The normalized spacial score (nSPS) is 28.3. The molecule has 3 nitrogen and oxygen atoms in total. The third-order valence-electron chi connectivity index (χ3n) is 4.24. The van der Waals surface area contributed by atoms with Gasteiger partial charge in [-0.2, -0.15) is 0 Å². The second-order valence-electron chi connectivity index (χ2n) is 5.43. The number of nitrogens with two attached hydrogens (primary N) is 1. The largest absolute Gasteiger partial charge is 0.381 e. The number of nitrogens with zero attached hydrogens (tertiary/aromatic N) is 1. The summed E-state index contributed by atoms with van der Waals surface area (Å²) in [6.45, 7) is 3.05. The Hall–Kier alpha value is -0.800. The first kappa shape index (κ1) is 11.3. The monoisotopic (exact) mass is 234 g/mol. The van der Waals surface area contributed by atoms with Crippen LogP contribution in [-0.2, 0) is 17.7 Å². The van der Waals surface area contributed by atoms with E-state index in [0.717, 1.165) is 32.1 Å². The van der Waals surface area contributed by atoms with E-state index in [-0.39, 0.29) is 6.04 Å². The summed E-state index contributed by atoms with van der Waals surface area (Å²) < 4.78 is 7.85. The van der Waals surface area contributed by atoms with Crippen LogP contribution in [0.15, 0.2) is 12.3 Å². The fourth-order valence-electron chi connectivity index (χ4n) is 3.13. The number of aryl methyl sites for hydroxylation is 1. The summed E-state index contributed by atoms with van der Waals surface area (Å²) in [6.07, 6.45) is 8.31. The lowest BCUT2D eigenvalue weighted by Gasteiger charge is -2.21. The number of hydrogen-bond donors (Lipinski definition) is 1. The lowest BCUT2D eigenvalue weighted by Crippen LogP contribution is -2.18. The fraction of sp³-hybridized carbons (Fsp3) is 0.714. The molecule has 17 heavy (non-hydrogen) atoms. The van der Waals surface area contributed by atoms with Gasteiger partial charge in [0.2, 0.25) is 0 Å². The minimum Gasteiger partial charge on any atom is -0.381 e. The maximum Gasteiger partial charge on any atom is 0.0495 e. The molecule has 3 heteroatoms. The molecule has 0 spiro atoms. The van der Waals surface area contributed by atoms with Crippen molar-refractivity contribution in [1.82, 2.24) is 4.57 Å². The van der Waals surface area contributed by atoms with Gasteiger partial charge in [-0.15, -0.1) is 0 Å². The summed E-state index contributed by atoms with van der Waals surface area (Å²) in [4.78, 5) is 0. The molecule has 2 atom stereocenters. The van der Waals surface area contributed by atoms with Crippen molar-refractivity contribution in [1.29, 1.82) is 0 Å². The summed E-state index contributed by atoms with van der Waals surface area (Å²) in [6, 6.07) is 2.50. The van der Waals surface area contributed by atoms with Crippen LogP contribution >= 0.6 is 0 Å². The molecule has 1 fully saturated rings. The van der Waals surface area contributed by atoms with E-state index in [1.807, 2.05) is 0 Å². The first-order valence-electron chi connectivity index (χ1n) is 6.86. The molecule has 0 aromatic carbocycles. The van der Waals surface area contributed by atoms with Gasteiger partial charge < -0.3 is 15.0 Å². The molecule has 94 valence electrons. The molecular weight excluding hydrogens is 212 g/mol. The summed E-state index contributed by atoms with van der Waals surface area (Å²) in [5, 5.41) is 0. The predicted octanol–water partition coefficient (Wildman–Crippen LogP) is 2.25. The second-order valence-corrected chi connectivity index (χ2v) is 5.43. The molecule has 1 aromatic heterocycles. The molecule has 0 amide bonds. The zero-order chi connectivity index (χ0) is 11.7. The van der Waals surface area contributed by atoms with Crippen molar-refractivity contribution in [2.45, 2.75) is 44.7 Å². The molecule has 0 saturated carbocycles. The van der Waals surface area contributed by atoms with Gasteiger partial charge in [0.1, 0.15) is 0 Å². The molecule has 2 N–H and O–H groups in total. The Bertz CT molecular complexity index is 380. The summed E-state index contributed by atoms with van der Waals surface area (Å²) in [7, 11) is 0. The van der Waals surface area contributed by atoms with E-state index in [9.17, 15) is 0 Å². The number of rotatable bonds is 3. The molecule has 1 aromatic rings. The first-order valence-corrected chi connectivity index (χ1v) is 6.86. The smallest absolute Gasteiger partial charge is 0.0495 e. The Morgan fingerprint density at radius 3 is 3.18 bits per heavy atom. The summed E-state index contributed by atoms with van der Waals surface area (Å²) in [5.74, 6) is 0.769. The molecule has 0 bridgehead atoms. The zero-order valence-corrected chi connectivity index (χ0v) is 10.4. The number of hydrogen-bond acceptors (Lipinski definition) is 2. The van der Waals surface area contributed by atoms with Gasteiger partial charge in [-0.25, -0.2) is 0 Å². The van der Waals surface area contributed by atoms with Crippen molar-refractivity contribution in [2.24, 2.45) is 11.7 Å². The Morgan fingerprint density at radius 2 is 2.35 bits per heavy atom. The number of ether oxygens (including phenoxy) is 1. The Labute approximate surface area is 103 Å². The Morgan fingerprint density at radius 1 is 1.41 bits per heavy atom. The van der Waals surface area contributed by atoms with Crippen LogP contribution in [0.3, 0.4) is 0 Å². The van der Waals surface area contributed by atoms with Gasteiger partial charge in [-0.1, -0.05) is 0 Å². The van der Waals surface area contributed by atoms with Crippen molar-refractivity contribution in [3.8, 4) is 0 Å². The van der Waals surface area contributed by atoms with E-state index in [1.165, 1.54) is 36.9 Å². The SMILES string of the molecule is NC1CCCc2c1ccn2CCC1CCOC1. The van der Waals surface area contributed by atoms with Crippen LogP contribution < -0.4 is 5.73 Å². The highest BCUT2D eigenvalue weighted by atomic mass is 16.5. The topological polar surface area (TPSA) is 40.2 Å². The van der Waals surface area contributed by atoms with Crippen molar-refractivity contribution in [3.05, 3.63) is 23.5 Å². The minimum atomic E-state index is 0.273. The lowest BCUT2D eigenvalue weighted by atomic mass is 9.93. The third-order valence-corrected chi connectivity index (χ3v) is 4.24. The molecule has 2 unspecified atom stereocenters. The highest BCUT2D eigenvalue weighted by Gasteiger charge is 2.21. The average molecular weight is 234 g/mol. The van der Waals surface area contributed by atoms with E-state index < -0.39 is 0 Å². The molecule has 0 radical (unpaired) electrons. The van der Waals surface area contributed by atoms with E-state index in [2.05, 4.69) is 16.8 Å². The Balaban J connectivity index is 1.66. The molecule has 1 aliphatic carbocycles. The van der Waals surface area contributed by atoms with E-state index in [1.54, 1.807) is 0 Å². The van der Waals surface area contributed by atoms with Gasteiger partial charge in [0.15, 0.2) is 0 Å². The summed E-state index contributed by atoms with van der Waals surface area (Å²) in [5.41, 5.74) is 9.02. The van der Waals surface area contributed by atoms with Gasteiger partial charge in [0.05, 0.1) is 0 Å². The Kier molecular flexibility index (Phi) is 3.21. The summed E-state index contributed by atoms with van der Waals surface area (Å²) >= 11 is 0. The maximum atomic E-state index is 6.14. The minimum absolute atomic E-state index is 0.273. The van der Waals surface area contributed by atoms with Crippen molar-refractivity contribution < 1.29 is 4.74 Å². The molecule has 1 aliphatic heterocycles. The average Bonchev–Trinajstić information content (AvgIpc) is 2.95. The van der Waals surface area contributed by atoms with Crippen LogP contribution in [0.1, 0.15) is 43.0 Å². The highest BCUT2D eigenvalue weighted by molar-refractivity contribution is 5.28. The first-order chi connectivity index (χ1) is 8.34. The van der Waals surface area contributed by atoms with Crippen LogP contribution in [0, 0.1) is 5.92 Å². The molecule has 2 aliphatic rings. The van der Waals surface area contributed by atoms with Gasteiger partial charge in [0.25, 0.3) is 0 Å². The molecule has 2 heterocycles. The molecule has 3 rings (SSSR count). The van der Waals surface area contributed by atoms with Crippen molar-refractivity contribution in [2.75, 3.05) is 13.2 Å². The van der Waals surface area contributed by atoms with E-state index in [4.69, 9.17) is 10.5 Å². The van der Waals surface area contributed by atoms with Crippen molar-refractivity contribution >= 4 is 0 Å². The van der Waals surface area contributed by atoms with Gasteiger partial charge in [-0.3, -0.25) is 0 Å². The van der Waals surface area contributed by atoms with Crippen LogP contribution in [0.25, 0.3) is 0 Å². The lowest BCUT2D eigenvalue weighted by molar-refractivity contribution is 0.183. The second kappa shape index (κ2) is 4.83. The standard InChI is InChI=1S/C14H22N2O/c15-13-2-1-3-14-12(13)5-8-16(14)7-4-11-6-9-17-10-11/h5,8,11,13H,1-4,6-7,9-10,15H2. The van der Waals surface area contributed by atoms with Gasteiger partial charge >= 0.3 is 0 Å². The van der Waals surface area contributed by atoms with Gasteiger partial charge in [-0.05, 0) is 49.7 Å². The van der Waals surface area contributed by atoms with Crippen LogP contribution in [-0.4, -0.2) is 17.8 Å². The molecular formula is C14H22N2O. The highest BCUT2D eigenvalue weighted by Crippen LogP contribution is 2.29. The van der Waals surface area contributed by atoms with E-state index in [0.29, 0.717) is 0 Å². The number of aromatic nitrogens is 1. The van der Waals surface area contributed by atoms with Crippen LogP contribution in [0.5, 0.6) is 0 Å². The van der Waals surface area contributed by atoms with Gasteiger partial charge in [0, 0.05) is 37.7 Å². The van der Waals surface area contributed by atoms with Crippen LogP contribution in [0.4, 0.5) is 0 Å². The van der Waals surface area contributed by atoms with Crippen molar-refractivity contribution in [3.63, 3.8) is 0 Å². The quantitative estimate of drug-likeness (QED) is 0.871. The van der Waals surface area contributed by atoms with Crippen LogP contribution in [0.2, 0.25) is 0 Å². The fourth-order valence-corrected chi connectivity index (χ4v) is 3.13. The molecule has 1 saturated heterocycles. The number of fused-ring (bicyclic) bond motifs is 1. The zero-order valence-electron chi connectivity index (χ0n) is 10.4. The third kappa shape index (κ3) is 2.26.